The lowest BCUT2D eigenvalue weighted by Crippen LogP contribution is -2.52. The second-order valence-corrected chi connectivity index (χ2v) is 6.98. The number of methoxy groups -OCH3 is 1. The van der Waals surface area contributed by atoms with Gasteiger partial charge in [-0.05, 0) is 39.2 Å². The normalized spacial score (nSPS) is 14.1. The van der Waals surface area contributed by atoms with Crippen LogP contribution in [0.2, 0.25) is 0 Å². The first-order valence-electron chi connectivity index (χ1n) is 8.55. The Morgan fingerprint density at radius 2 is 1.61 bits per heavy atom. The lowest BCUT2D eigenvalue weighted by Gasteiger charge is -2.30. The van der Waals surface area contributed by atoms with Gasteiger partial charge in [0, 0.05) is 0 Å². The number of nitrogens with zero attached hydrogens (tertiary/aromatic N) is 1. The molecule has 0 heterocycles. The Balaban J connectivity index is 0.00000122. The standard InChI is InChI=1S/C18H23NO6.CH2F2/c1-17(2,3)25-16(22)19(18(10-11-18)14(20)23-4)15(21)24-12-13-8-6-5-7-9-13;2-1-3/h5-9H,10-12H2,1-4H3;1H2. The van der Waals surface area contributed by atoms with E-state index in [1.807, 2.05) is 18.2 Å². The van der Waals surface area contributed by atoms with Crippen molar-refractivity contribution in [2.24, 2.45) is 0 Å². The largest absolute Gasteiger partial charge is 0.467 e. The first-order chi connectivity index (χ1) is 13.1. The highest BCUT2D eigenvalue weighted by Crippen LogP contribution is 2.44. The number of ether oxygens (including phenoxy) is 3. The SMILES string of the molecule is COC(=O)C1(N(C(=O)OCc2ccccc2)C(=O)OC(C)(C)C)CC1.FCF. The Kier molecular flexibility index (Phi) is 8.34. The van der Waals surface area contributed by atoms with Gasteiger partial charge in [-0.15, -0.1) is 0 Å². The molecule has 0 N–H and O–H groups in total. The number of halogens is 2. The van der Waals surface area contributed by atoms with Crippen molar-refractivity contribution in [2.45, 2.75) is 51.4 Å². The number of amides is 2. The van der Waals surface area contributed by atoms with E-state index in [4.69, 9.17) is 14.2 Å². The van der Waals surface area contributed by atoms with Crippen molar-refractivity contribution >= 4 is 18.2 Å². The summed E-state index contributed by atoms with van der Waals surface area (Å²) in [5.41, 5.74) is -1.39. The summed E-state index contributed by atoms with van der Waals surface area (Å²) in [5.74, 6) is -0.657. The van der Waals surface area contributed by atoms with Crippen LogP contribution in [0.4, 0.5) is 18.4 Å². The maximum absolute atomic E-state index is 12.5. The number of hydrogen-bond donors (Lipinski definition) is 0. The molecule has 9 heteroatoms. The zero-order chi connectivity index (χ0) is 21.4. The highest BCUT2D eigenvalue weighted by molar-refractivity contribution is 5.98. The van der Waals surface area contributed by atoms with Crippen molar-refractivity contribution in [1.29, 1.82) is 0 Å². The van der Waals surface area contributed by atoms with E-state index in [0.717, 1.165) is 10.5 Å². The zero-order valence-corrected chi connectivity index (χ0v) is 16.4. The molecule has 0 atom stereocenters. The molecule has 0 bridgehead atoms. The van der Waals surface area contributed by atoms with Crippen molar-refractivity contribution in [2.75, 3.05) is 14.0 Å². The Morgan fingerprint density at radius 1 is 1.07 bits per heavy atom. The fraction of sp³-hybridized carbons (Fsp3) is 0.526. The summed E-state index contributed by atoms with van der Waals surface area (Å²) in [6.07, 6.45) is -1.21. The van der Waals surface area contributed by atoms with E-state index in [-0.39, 0.29) is 6.61 Å². The maximum atomic E-state index is 12.5. The van der Waals surface area contributed by atoms with Crippen LogP contribution in [0.5, 0.6) is 0 Å². The predicted molar refractivity (Wildman–Crippen MR) is 95.8 cm³/mol. The summed E-state index contributed by atoms with van der Waals surface area (Å²) in [6, 6.07) is 9.04. The second-order valence-electron chi connectivity index (χ2n) is 6.98. The minimum absolute atomic E-state index is 0.0176. The zero-order valence-electron chi connectivity index (χ0n) is 16.4. The van der Waals surface area contributed by atoms with Gasteiger partial charge < -0.3 is 14.2 Å². The smallest absolute Gasteiger partial charge is 0.420 e. The number of hydrogen-bond acceptors (Lipinski definition) is 6. The van der Waals surface area contributed by atoms with Crippen LogP contribution in [0.3, 0.4) is 0 Å². The van der Waals surface area contributed by atoms with Gasteiger partial charge in [-0.3, -0.25) is 0 Å². The van der Waals surface area contributed by atoms with Gasteiger partial charge in [0.1, 0.15) is 12.2 Å². The van der Waals surface area contributed by atoms with E-state index >= 15 is 0 Å². The maximum Gasteiger partial charge on any atom is 0.420 e. The van der Waals surface area contributed by atoms with Crippen molar-refractivity contribution in [3.63, 3.8) is 0 Å². The van der Waals surface area contributed by atoms with Crippen molar-refractivity contribution in [3.8, 4) is 0 Å². The lowest BCUT2D eigenvalue weighted by atomic mass is 10.2. The van der Waals surface area contributed by atoms with Crippen LogP contribution in [0.25, 0.3) is 0 Å². The highest BCUT2D eigenvalue weighted by Gasteiger charge is 2.62. The van der Waals surface area contributed by atoms with Gasteiger partial charge in [0.2, 0.25) is 6.93 Å². The minimum Gasteiger partial charge on any atom is -0.467 e. The van der Waals surface area contributed by atoms with Crippen LogP contribution in [0.15, 0.2) is 30.3 Å². The summed E-state index contributed by atoms with van der Waals surface area (Å²) in [4.78, 5) is 37.9. The molecule has 0 aromatic heterocycles. The Morgan fingerprint density at radius 3 is 2.04 bits per heavy atom. The number of esters is 1. The third-order valence-electron chi connectivity index (χ3n) is 3.68. The third-order valence-corrected chi connectivity index (χ3v) is 3.68. The number of benzene rings is 1. The average Bonchev–Trinajstić information content (AvgIpc) is 3.41. The molecular formula is C19H25F2NO6. The Labute approximate surface area is 162 Å². The Bertz CT molecular complexity index is 671. The summed E-state index contributed by atoms with van der Waals surface area (Å²) in [5, 5.41) is 0. The highest BCUT2D eigenvalue weighted by atomic mass is 19.3. The van der Waals surface area contributed by atoms with Crippen LogP contribution in [0, 0.1) is 0 Å². The molecule has 1 fully saturated rings. The quantitative estimate of drug-likeness (QED) is 0.557. The van der Waals surface area contributed by atoms with Gasteiger partial charge in [0.25, 0.3) is 0 Å². The number of carbonyl (C=O) groups is 3. The molecular weight excluding hydrogens is 376 g/mol. The van der Waals surface area contributed by atoms with Crippen LogP contribution in [-0.2, 0) is 25.6 Å². The number of imide groups is 1. The van der Waals surface area contributed by atoms with Gasteiger partial charge >= 0.3 is 18.2 Å². The topological polar surface area (TPSA) is 82.1 Å². The molecule has 1 aromatic carbocycles. The van der Waals surface area contributed by atoms with E-state index in [1.165, 1.54) is 7.11 Å². The van der Waals surface area contributed by atoms with Gasteiger partial charge in [-0.25, -0.2) is 23.2 Å². The van der Waals surface area contributed by atoms with Crippen LogP contribution >= 0.6 is 0 Å². The lowest BCUT2D eigenvalue weighted by molar-refractivity contribution is -0.148. The number of carbonyl (C=O) groups excluding carboxylic acids is 3. The molecule has 28 heavy (non-hydrogen) atoms. The number of rotatable bonds is 4. The minimum atomic E-state index is -1.75. The summed E-state index contributed by atoms with van der Waals surface area (Å²) in [7, 11) is 1.21. The van der Waals surface area contributed by atoms with Gasteiger partial charge in [-0.1, -0.05) is 30.3 Å². The van der Waals surface area contributed by atoms with Crippen LogP contribution in [0.1, 0.15) is 39.2 Å². The molecule has 1 aliphatic carbocycles. The van der Waals surface area contributed by atoms with E-state index in [0.29, 0.717) is 12.8 Å². The van der Waals surface area contributed by atoms with Crippen LogP contribution < -0.4 is 0 Å². The van der Waals surface area contributed by atoms with Gasteiger partial charge in [-0.2, -0.15) is 4.90 Å². The second kappa shape index (κ2) is 10.0. The van der Waals surface area contributed by atoms with Crippen molar-refractivity contribution < 1.29 is 37.4 Å². The first kappa shape index (κ1) is 23.3. The molecule has 0 saturated heterocycles. The molecule has 7 nitrogen and oxygen atoms in total. The molecule has 1 saturated carbocycles. The Hall–Kier alpha value is -2.71. The molecule has 156 valence electrons. The van der Waals surface area contributed by atoms with E-state index in [9.17, 15) is 23.2 Å². The van der Waals surface area contributed by atoms with E-state index < -0.39 is 36.2 Å². The van der Waals surface area contributed by atoms with Crippen molar-refractivity contribution in [3.05, 3.63) is 35.9 Å². The fourth-order valence-corrected chi connectivity index (χ4v) is 2.34. The fourth-order valence-electron chi connectivity index (χ4n) is 2.34. The average molecular weight is 401 g/mol. The van der Waals surface area contributed by atoms with Gasteiger partial charge in [0.15, 0.2) is 5.54 Å². The third kappa shape index (κ3) is 6.47. The first-order valence-corrected chi connectivity index (χ1v) is 8.55. The predicted octanol–water partition coefficient (Wildman–Crippen LogP) is 4.15. The molecule has 0 aliphatic heterocycles. The van der Waals surface area contributed by atoms with Crippen LogP contribution in [-0.4, -0.2) is 48.2 Å². The summed E-state index contributed by atoms with van der Waals surface area (Å²) >= 11 is 0. The molecule has 2 rings (SSSR count). The van der Waals surface area contributed by atoms with E-state index in [2.05, 4.69) is 0 Å². The molecule has 1 aromatic rings. The molecule has 0 radical (unpaired) electrons. The molecule has 1 aliphatic rings. The molecule has 0 spiro atoms. The number of alkyl halides is 2. The molecule has 2 amide bonds. The summed E-state index contributed by atoms with van der Waals surface area (Å²) < 4.78 is 34.5. The summed E-state index contributed by atoms with van der Waals surface area (Å²) in [6.45, 7) is 3.26. The monoisotopic (exact) mass is 401 g/mol. The van der Waals surface area contributed by atoms with Gasteiger partial charge in [0.05, 0.1) is 7.11 Å². The van der Waals surface area contributed by atoms with E-state index in [1.54, 1.807) is 32.9 Å². The molecule has 0 unspecified atom stereocenters. The van der Waals surface area contributed by atoms with Crippen molar-refractivity contribution in [1.82, 2.24) is 4.90 Å².